The second kappa shape index (κ2) is 10.2. The zero-order chi connectivity index (χ0) is 21.1. The fourth-order valence-corrected chi connectivity index (χ4v) is 4.33. The van der Waals surface area contributed by atoms with Gasteiger partial charge in [-0.15, -0.1) is 0 Å². The highest BCUT2D eigenvalue weighted by Crippen LogP contribution is 2.29. The molecule has 7 heteroatoms. The van der Waals surface area contributed by atoms with Crippen molar-refractivity contribution in [2.45, 2.75) is 25.4 Å². The van der Waals surface area contributed by atoms with Crippen LogP contribution in [0.4, 0.5) is 5.69 Å². The molecule has 1 amide bonds. The molecule has 1 aliphatic rings. The lowest BCUT2D eigenvalue weighted by Gasteiger charge is -2.30. The predicted octanol–water partition coefficient (Wildman–Crippen LogP) is 0.0653. The largest absolute Gasteiger partial charge is 1.00 e. The number of quaternary nitrogens is 1. The van der Waals surface area contributed by atoms with Crippen LogP contribution in [-0.4, -0.2) is 32.1 Å². The number of nitrogen functional groups attached to an aromatic ring is 1. The van der Waals surface area contributed by atoms with E-state index in [0.29, 0.717) is 22.0 Å². The maximum absolute atomic E-state index is 12.8. The molecule has 3 aromatic carbocycles. The summed E-state index contributed by atoms with van der Waals surface area (Å²) in [5.41, 5.74) is 7.98. The highest BCUT2D eigenvalue weighted by atomic mass is 35.5. The average molecular weight is 460 g/mol. The van der Waals surface area contributed by atoms with E-state index in [1.807, 2.05) is 0 Å². The van der Waals surface area contributed by atoms with E-state index in [0.717, 1.165) is 32.5 Å². The van der Waals surface area contributed by atoms with Gasteiger partial charge in [-0.2, -0.15) is 0 Å². The van der Waals surface area contributed by atoms with Gasteiger partial charge in [0.2, 0.25) is 0 Å². The molecule has 31 heavy (non-hydrogen) atoms. The molecule has 0 unspecified atom stereocenters. The normalized spacial score (nSPS) is 18.3. The summed E-state index contributed by atoms with van der Waals surface area (Å²) in [5, 5.41) is 6.05. The zero-order valence-electron chi connectivity index (χ0n) is 17.5. The minimum Gasteiger partial charge on any atom is -1.00 e. The SMILES string of the molecule is COc1cc(N)c(Cl)cc1C(=O)NC1CC[NH+](Cc2ccc3ccccc3c2)CC1.[Cl-]. The van der Waals surface area contributed by atoms with Crippen LogP contribution < -0.4 is 33.1 Å². The van der Waals surface area contributed by atoms with Gasteiger partial charge in [0, 0.05) is 30.5 Å². The molecule has 0 atom stereocenters. The fourth-order valence-electron chi connectivity index (χ4n) is 4.16. The van der Waals surface area contributed by atoms with Crippen molar-refractivity contribution in [2.75, 3.05) is 25.9 Å². The second-order valence-corrected chi connectivity index (χ2v) is 8.34. The fraction of sp³-hybridized carbons (Fsp3) is 0.292. The van der Waals surface area contributed by atoms with E-state index in [4.69, 9.17) is 22.1 Å². The number of halogens is 2. The number of anilines is 1. The molecule has 0 aromatic heterocycles. The number of likely N-dealkylation sites (tertiary alicyclic amines) is 1. The van der Waals surface area contributed by atoms with Gasteiger partial charge in [-0.25, -0.2) is 0 Å². The Kier molecular flexibility index (Phi) is 7.65. The Labute approximate surface area is 193 Å². The molecule has 1 aliphatic heterocycles. The maximum Gasteiger partial charge on any atom is 0.255 e. The number of piperidine rings is 1. The molecule has 0 saturated carbocycles. The maximum atomic E-state index is 12.8. The topological polar surface area (TPSA) is 68.8 Å². The van der Waals surface area contributed by atoms with Gasteiger partial charge < -0.3 is 33.1 Å². The summed E-state index contributed by atoms with van der Waals surface area (Å²) in [4.78, 5) is 14.3. The van der Waals surface area contributed by atoms with E-state index >= 15 is 0 Å². The number of carbonyl (C=O) groups is 1. The highest BCUT2D eigenvalue weighted by Gasteiger charge is 2.25. The molecule has 4 rings (SSSR count). The van der Waals surface area contributed by atoms with E-state index in [1.165, 1.54) is 23.4 Å². The van der Waals surface area contributed by atoms with Gasteiger partial charge in [0.25, 0.3) is 5.91 Å². The molecular formula is C24H27Cl2N3O2. The smallest absolute Gasteiger partial charge is 0.255 e. The summed E-state index contributed by atoms with van der Waals surface area (Å²) >= 11 is 6.10. The van der Waals surface area contributed by atoms with E-state index in [-0.39, 0.29) is 24.4 Å². The Morgan fingerprint density at radius 1 is 1.13 bits per heavy atom. The minimum absolute atomic E-state index is 0. The van der Waals surface area contributed by atoms with Crippen molar-refractivity contribution in [2.24, 2.45) is 0 Å². The molecule has 0 aliphatic carbocycles. The first-order chi connectivity index (χ1) is 14.5. The first kappa shape index (κ1) is 23.2. The van der Waals surface area contributed by atoms with Gasteiger partial charge in [0.1, 0.15) is 12.3 Å². The average Bonchev–Trinajstić information content (AvgIpc) is 2.76. The molecule has 1 fully saturated rings. The first-order valence-corrected chi connectivity index (χ1v) is 10.7. The molecule has 1 saturated heterocycles. The number of benzene rings is 3. The Hall–Kier alpha value is -2.47. The van der Waals surface area contributed by atoms with Crippen LogP contribution in [0.2, 0.25) is 5.02 Å². The summed E-state index contributed by atoms with van der Waals surface area (Å²) in [6.45, 7) is 3.06. The molecule has 164 valence electrons. The van der Waals surface area contributed by atoms with Gasteiger partial charge in [0.05, 0.1) is 36.5 Å². The van der Waals surface area contributed by atoms with Crippen LogP contribution in [0.5, 0.6) is 5.75 Å². The molecule has 0 spiro atoms. The zero-order valence-corrected chi connectivity index (χ0v) is 19.0. The van der Waals surface area contributed by atoms with E-state index in [9.17, 15) is 4.79 Å². The van der Waals surface area contributed by atoms with Crippen LogP contribution in [0.15, 0.2) is 54.6 Å². The van der Waals surface area contributed by atoms with Crippen LogP contribution in [0, 0.1) is 0 Å². The summed E-state index contributed by atoms with van der Waals surface area (Å²) < 4.78 is 5.30. The monoisotopic (exact) mass is 459 g/mol. The summed E-state index contributed by atoms with van der Waals surface area (Å²) in [7, 11) is 1.52. The lowest BCUT2D eigenvalue weighted by atomic mass is 10.0. The van der Waals surface area contributed by atoms with Crippen molar-refractivity contribution in [1.82, 2.24) is 5.32 Å². The molecule has 5 nitrogen and oxygen atoms in total. The number of fused-ring (bicyclic) bond motifs is 1. The van der Waals surface area contributed by atoms with E-state index < -0.39 is 0 Å². The van der Waals surface area contributed by atoms with Gasteiger partial charge in [-0.05, 0) is 22.9 Å². The quantitative estimate of drug-likeness (QED) is 0.472. The number of nitrogens with two attached hydrogens (primary N) is 1. The van der Waals surface area contributed by atoms with Crippen molar-refractivity contribution in [3.05, 3.63) is 70.7 Å². The number of nitrogens with one attached hydrogen (secondary N) is 2. The lowest BCUT2D eigenvalue weighted by Crippen LogP contribution is -3.12. The van der Waals surface area contributed by atoms with Crippen molar-refractivity contribution in [1.29, 1.82) is 0 Å². The van der Waals surface area contributed by atoms with Crippen LogP contribution in [-0.2, 0) is 6.54 Å². The third-order valence-corrected chi connectivity index (χ3v) is 6.19. The summed E-state index contributed by atoms with van der Waals surface area (Å²) in [6.07, 6.45) is 1.89. The molecular weight excluding hydrogens is 433 g/mol. The van der Waals surface area contributed by atoms with E-state index in [1.54, 1.807) is 17.0 Å². The number of hydrogen-bond donors (Lipinski definition) is 3. The van der Waals surface area contributed by atoms with Crippen LogP contribution in [0.3, 0.4) is 0 Å². The second-order valence-electron chi connectivity index (χ2n) is 7.93. The number of carbonyl (C=O) groups excluding carboxylic acids is 1. The number of ether oxygens (including phenoxy) is 1. The van der Waals surface area contributed by atoms with Crippen LogP contribution >= 0.6 is 11.6 Å². The van der Waals surface area contributed by atoms with Crippen molar-refractivity contribution in [3.63, 3.8) is 0 Å². The Morgan fingerprint density at radius 3 is 2.55 bits per heavy atom. The summed E-state index contributed by atoms with van der Waals surface area (Å²) in [6, 6.07) is 18.5. The minimum atomic E-state index is -0.170. The number of methoxy groups -OCH3 is 1. The number of rotatable bonds is 5. The van der Waals surface area contributed by atoms with E-state index in [2.05, 4.69) is 47.8 Å². The van der Waals surface area contributed by atoms with Crippen molar-refractivity contribution in [3.8, 4) is 5.75 Å². The molecule has 4 N–H and O–H groups in total. The van der Waals surface area contributed by atoms with Crippen LogP contribution in [0.1, 0.15) is 28.8 Å². The Bertz CT molecular complexity index is 1070. The number of hydrogen-bond acceptors (Lipinski definition) is 3. The molecule has 0 bridgehead atoms. The standard InChI is InChI=1S/C24H26ClN3O2.ClH/c1-30-23-14-22(26)21(25)13-20(23)24(29)27-19-8-10-28(11-9-19)15-16-6-7-17-4-2-3-5-18(17)12-16;/h2-7,12-14,19H,8-11,15,26H2,1H3,(H,27,29);1H. The third kappa shape index (κ3) is 5.42. The van der Waals surface area contributed by atoms with Gasteiger partial charge >= 0.3 is 0 Å². The van der Waals surface area contributed by atoms with Gasteiger partial charge in [0.15, 0.2) is 0 Å². The van der Waals surface area contributed by atoms with Gasteiger partial charge in [-0.1, -0.05) is 48.0 Å². The predicted molar refractivity (Wildman–Crippen MR) is 121 cm³/mol. The summed E-state index contributed by atoms with van der Waals surface area (Å²) in [5.74, 6) is 0.269. The first-order valence-electron chi connectivity index (χ1n) is 10.3. The molecule has 1 heterocycles. The highest BCUT2D eigenvalue weighted by molar-refractivity contribution is 6.33. The van der Waals surface area contributed by atoms with Crippen molar-refractivity contribution >= 4 is 34.0 Å². The lowest BCUT2D eigenvalue weighted by molar-refractivity contribution is -0.918. The Balaban J connectivity index is 0.00000272. The van der Waals surface area contributed by atoms with Crippen LogP contribution in [0.25, 0.3) is 10.8 Å². The van der Waals surface area contributed by atoms with Gasteiger partial charge in [-0.3, -0.25) is 4.79 Å². The van der Waals surface area contributed by atoms with Crippen molar-refractivity contribution < 1.29 is 26.8 Å². The third-order valence-electron chi connectivity index (χ3n) is 5.86. The number of amides is 1. The molecule has 3 aromatic rings. The molecule has 0 radical (unpaired) electrons. The Morgan fingerprint density at radius 2 is 1.84 bits per heavy atom.